The van der Waals surface area contributed by atoms with Crippen molar-refractivity contribution in [2.24, 2.45) is 0 Å². The van der Waals surface area contributed by atoms with Crippen LogP contribution < -0.4 is 78.7 Å². The van der Waals surface area contributed by atoms with Gasteiger partial charge < -0.3 is 4.98 Å². The van der Waals surface area contributed by atoms with Crippen molar-refractivity contribution in [3.05, 3.63) is 32.9 Å². The predicted molar refractivity (Wildman–Crippen MR) is 34.1 cm³/mol. The topological polar surface area (TPSA) is 129 Å². The van der Waals surface area contributed by atoms with Gasteiger partial charge in [-0.25, -0.2) is 4.79 Å². The van der Waals surface area contributed by atoms with Crippen LogP contribution in [-0.2, 0) is 3.83 Å². The zero-order valence-corrected chi connectivity index (χ0v) is 13.6. The predicted octanol–water partition coefficient (Wildman–Crippen LogP) is -9.67. The molecule has 0 atom stereocenters. The fourth-order valence-corrected chi connectivity index (χ4v) is 0.393. The third-order valence-corrected chi connectivity index (χ3v) is 0.774. The van der Waals surface area contributed by atoms with Crippen molar-refractivity contribution in [3.63, 3.8) is 0 Å². The van der Waals surface area contributed by atoms with Gasteiger partial charge in [0.1, 0.15) is 0 Å². The molecule has 74 valence electrons. The molecule has 0 unspecified atom stereocenters. The van der Waals surface area contributed by atoms with Crippen LogP contribution in [0.1, 0.15) is 0 Å². The summed E-state index contributed by atoms with van der Waals surface area (Å²) in [6.07, 6.45) is 0.709. The Bertz CT molecular complexity index is 403. The first-order chi connectivity index (χ1) is 5.93. The number of aromatic amines is 2. The van der Waals surface area contributed by atoms with E-state index in [4.69, 9.17) is 12.2 Å². The second-order valence-corrected chi connectivity index (χ2v) is 2.48. The van der Waals surface area contributed by atoms with E-state index in [0.29, 0.717) is 6.20 Å². The number of halogens is 1. The van der Waals surface area contributed by atoms with Gasteiger partial charge in [-0.2, -0.15) is 4.39 Å². The van der Waals surface area contributed by atoms with Gasteiger partial charge in [0, 0.05) is 6.20 Å². The van der Waals surface area contributed by atoms with Crippen LogP contribution in [0, 0.1) is 5.82 Å². The average Bonchev–Trinajstić information content (AvgIpc) is 1.96. The maximum absolute atomic E-state index is 12.0. The summed E-state index contributed by atoms with van der Waals surface area (Å²) in [6, 6.07) is 0. The van der Waals surface area contributed by atoms with E-state index in [0.717, 1.165) is 0 Å². The Balaban J connectivity index is -0.000000213. The van der Waals surface area contributed by atoms with Gasteiger partial charge in [-0.15, -0.1) is 0 Å². The Morgan fingerprint density at radius 2 is 1.67 bits per heavy atom. The molecule has 1 heterocycles. The van der Waals surface area contributed by atoms with E-state index in [2.05, 4.69) is 0 Å². The Hall–Kier alpha value is 0.849. The minimum Gasteiger partial charge on any atom is -0.311 e. The molecule has 1 aromatic heterocycles. The summed E-state index contributed by atoms with van der Waals surface area (Å²) >= 11 is -3.79. The summed E-state index contributed by atoms with van der Waals surface area (Å²) in [4.78, 5) is 24.0. The van der Waals surface area contributed by atoms with Crippen molar-refractivity contribution < 1.29 is 75.7 Å². The smallest absolute Gasteiger partial charge is 0.311 e. The van der Waals surface area contributed by atoms with Gasteiger partial charge in [-0.05, 0) is 0 Å². The van der Waals surface area contributed by atoms with Gasteiger partial charge in [-0.3, -0.25) is 9.78 Å². The number of rotatable bonds is 0. The molecular weight excluding hydrogens is 300 g/mol. The van der Waals surface area contributed by atoms with Gasteiger partial charge in [0.15, 0.2) is 0 Å². The second kappa shape index (κ2) is 11.3. The Labute approximate surface area is 131 Å². The van der Waals surface area contributed by atoms with Gasteiger partial charge in [0.25, 0.3) is 5.56 Å². The van der Waals surface area contributed by atoms with Gasteiger partial charge >= 0.3 is 91.5 Å². The summed E-state index contributed by atoms with van der Waals surface area (Å²) < 4.78 is 37.6. The molecule has 0 aromatic carbocycles. The molecule has 11 heteroatoms. The number of hydrogen-bond donors (Lipinski definition) is 2. The van der Waals surface area contributed by atoms with E-state index in [9.17, 15) is 14.0 Å². The van der Waals surface area contributed by atoms with Crippen molar-refractivity contribution in [1.82, 2.24) is 9.97 Å². The number of hydrogen-bond acceptors (Lipinski definition) is 5. The average molecular weight is 303 g/mol. The zero-order valence-electron chi connectivity index (χ0n) is 7.90. The van der Waals surface area contributed by atoms with E-state index < -0.39 is 31.6 Å². The minimum absolute atomic E-state index is 0. The van der Waals surface area contributed by atoms with Crippen LogP contribution in [-0.4, -0.2) is 24.5 Å². The summed E-state index contributed by atoms with van der Waals surface area (Å²) in [6.45, 7) is 0. The third-order valence-electron chi connectivity index (χ3n) is 0.774. The van der Waals surface area contributed by atoms with Crippen molar-refractivity contribution >= 4 is 14.5 Å². The second-order valence-electron chi connectivity index (χ2n) is 1.62. The van der Waals surface area contributed by atoms with Gasteiger partial charge in [0.05, 0.1) is 0 Å². The minimum atomic E-state index is -3.79. The Morgan fingerprint density at radius 3 is 1.93 bits per heavy atom. The van der Waals surface area contributed by atoms with E-state index >= 15 is 0 Å². The Kier molecular flexibility index (Phi) is 16.0. The normalized spacial score (nSPS) is 8.00. The van der Waals surface area contributed by atoms with Gasteiger partial charge in [-0.1, -0.05) is 0 Å². The van der Waals surface area contributed by atoms with E-state index in [1.807, 2.05) is 4.98 Å². The molecule has 0 aliphatic rings. The van der Waals surface area contributed by atoms with E-state index in [1.54, 1.807) is 4.98 Å². The van der Waals surface area contributed by atoms with Crippen molar-refractivity contribution in [2.45, 2.75) is 0 Å². The SMILES string of the molecule is O=[Se]([O-])[O-].O=c1[nH]cc(F)c(=O)[nH]1.[Na+].[Na+]. The van der Waals surface area contributed by atoms with Crippen LogP contribution in [0.2, 0.25) is 0 Å². The molecule has 1 rings (SSSR count). The molecule has 0 bridgehead atoms. The van der Waals surface area contributed by atoms with E-state index in [-0.39, 0.29) is 59.1 Å². The molecule has 0 amide bonds. The Morgan fingerprint density at radius 1 is 1.27 bits per heavy atom. The molecule has 0 saturated heterocycles. The standard InChI is InChI=1S/C4H3FN2O2.2Na.H2O3Se/c5-2-1-6-4(9)7-3(2)8;;;1-4(2)3/h1H,(H2,6,7,8,9);;;(H2,1,2,3)/q;2*+1;/p-2. The van der Waals surface area contributed by atoms with E-state index in [1.165, 1.54) is 0 Å². The summed E-state index contributed by atoms with van der Waals surface area (Å²) in [5.74, 6) is -0.991. The summed E-state index contributed by atoms with van der Waals surface area (Å²) in [7, 11) is 0. The molecule has 0 spiro atoms. The van der Waals surface area contributed by atoms with Gasteiger partial charge in [0.2, 0.25) is 5.82 Å². The first-order valence-corrected chi connectivity index (χ1v) is 4.77. The molecule has 7 nitrogen and oxygen atoms in total. The van der Waals surface area contributed by atoms with Crippen LogP contribution in [0.5, 0.6) is 0 Å². The monoisotopic (exact) mass is 304 g/mol. The zero-order chi connectivity index (χ0) is 10.4. The molecule has 15 heavy (non-hydrogen) atoms. The van der Waals surface area contributed by atoms with Crippen LogP contribution in [0.3, 0.4) is 0 Å². The molecule has 2 N–H and O–H groups in total. The first-order valence-electron chi connectivity index (χ1n) is 2.67. The quantitative estimate of drug-likeness (QED) is 0.460. The molecular formula is C4H3FN2Na2O5Se. The number of H-pyrrole nitrogens is 2. The molecule has 0 saturated carbocycles. The van der Waals surface area contributed by atoms with Crippen molar-refractivity contribution in [2.75, 3.05) is 0 Å². The summed E-state index contributed by atoms with van der Waals surface area (Å²) in [5.41, 5.74) is -1.71. The van der Waals surface area contributed by atoms with Crippen LogP contribution in [0.25, 0.3) is 0 Å². The largest absolute Gasteiger partial charge is 1.00 e. The van der Waals surface area contributed by atoms with Crippen LogP contribution in [0.15, 0.2) is 15.8 Å². The number of aromatic nitrogens is 2. The summed E-state index contributed by atoms with van der Waals surface area (Å²) in [5, 5.41) is 0. The third kappa shape index (κ3) is 12.8. The van der Waals surface area contributed by atoms with Crippen LogP contribution >= 0.6 is 0 Å². The maximum Gasteiger partial charge on any atom is 1.00 e. The molecule has 0 radical (unpaired) electrons. The molecule has 1 aromatic rings. The number of nitrogens with one attached hydrogen (secondary N) is 2. The maximum atomic E-state index is 12.0. The fourth-order valence-electron chi connectivity index (χ4n) is 0.393. The molecule has 0 fully saturated rings. The first kappa shape index (κ1) is 21.2. The van der Waals surface area contributed by atoms with Crippen molar-refractivity contribution in [3.8, 4) is 0 Å². The van der Waals surface area contributed by atoms with Crippen molar-refractivity contribution in [1.29, 1.82) is 0 Å². The molecule has 0 aliphatic heterocycles. The van der Waals surface area contributed by atoms with Crippen LogP contribution in [0.4, 0.5) is 4.39 Å². The molecule has 0 aliphatic carbocycles. The fraction of sp³-hybridized carbons (Fsp3) is 0.